The van der Waals surface area contributed by atoms with Crippen LogP contribution < -0.4 is 5.32 Å². The minimum absolute atomic E-state index is 0.115. The van der Waals surface area contributed by atoms with Gasteiger partial charge in [0.1, 0.15) is 27.8 Å². The number of esters is 2. The smallest absolute Gasteiger partial charge is 0.355 e. The van der Waals surface area contributed by atoms with Crippen molar-refractivity contribution in [1.29, 1.82) is 0 Å². The Morgan fingerprint density at radius 1 is 1.06 bits per heavy atom. The number of anilines is 1. The summed E-state index contributed by atoms with van der Waals surface area (Å²) in [5, 5.41) is 4.53. The number of carbonyl (C=O) groups is 4. The molecule has 0 radical (unpaired) electrons. The lowest BCUT2D eigenvalue weighted by Gasteiger charge is -2.08. The number of amides is 1. The Morgan fingerprint density at radius 2 is 1.79 bits per heavy atom. The first-order valence-electron chi connectivity index (χ1n) is 10.2. The standard InChI is InChI=1S/C23H24N2O7S/c1-6-30-22(28)19-15(16-8-7-11(2)32-16)10-33-21(19)25-17(27)9-31-23(29)20-12(3)18(14(5)26)13(4)24-20/h7-8,10,24H,6,9H2,1-5H3,(H,25,27). The maximum absolute atomic E-state index is 12.6. The van der Waals surface area contributed by atoms with Crippen LogP contribution in [0.2, 0.25) is 0 Å². The van der Waals surface area contributed by atoms with Crippen LogP contribution in [-0.4, -0.2) is 41.8 Å². The lowest BCUT2D eigenvalue weighted by atomic mass is 10.1. The quantitative estimate of drug-likeness (QED) is 0.366. The molecule has 0 aliphatic heterocycles. The van der Waals surface area contributed by atoms with E-state index in [1.807, 2.05) is 0 Å². The van der Waals surface area contributed by atoms with E-state index < -0.39 is 24.5 Å². The molecular formula is C23H24N2O7S. The van der Waals surface area contributed by atoms with E-state index in [4.69, 9.17) is 13.9 Å². The molecule has 3 heterocycles. The largest absolute Gasteiger partial charge is 0.462 e. The second kappa shape index (κ2) is 9.86. The molecule has 3 aromatic heterocycles. The molecule has 0 saturated carbocycles. The molecule has 0 spiro atoms. The van der Waals surface area contributed by atoms with E-state index in [0.29, 0.717) is 33.9 Å². The second-order valence-electron chi connectivity index (χ2n) is 7.29. The number of hydrogen-bond acceptors (Lipinski definition) is 8. The number of Topliss-reactive ketones (excluding diaryl/α,β-unsaturated/α-hetero) is 1. The molecule has 0 aromatic carbocycles. The third kappa shape index (κ3) is 5.06. The highest BCUT2D eigenvalue weighted by molar-refractivity contribution is 7.15. The van der Waals surface area contributed by atoms with E-state index >= 15 is 0 Å². The van der Waals surface area contributed by atoms with Crippen molar-refractivity contribution in [3.8, 4) is 11.3 Å². The zero-order chi connectivity index (χ0) is 24.3. The van der Waals surface area contributed by atoms with Gasteiger partial charge in [-0.15, -0.1) is 11.3 Å². The molecule has 10 heteroatoms. The molecule has 0 aliphatic carbocycles. The molecule has 174 valence electrons. The number of ketones is 1. The molecule has 33 heavy (non-hydrogen) atoms. The van der Waals surface area contributed by atoms with E-state index in [9.17, 15) is 19.2 Å². The molecule has 3 rings (SSSR count). The number of hydrogen-bond donors (Lipinski definition) is 2. The van der Waals surface area contributed by atoms with E-state index in [0.717, 1.165) is 11.3 Å². The van der Waals surface area contributed by atoms with Crippen molar-refractivity contribution in [2.24, 2.45) is 0 Å². The van der Waals surface area contributed by atoms with Crippen LogP contribution in [0.15, 0.2) is 21.9 Å². The number of aromatic amines is 1. The Hall–Kier alpha value is -3.66. The first-order chi connectivity index (χ1) is 15.6. The Balaban J connectivity index is 1.75. The molecule has 3 aromatic rings. The van der Waals surface area contributed by atoms with E-state index in [1.165, 1.54) is 6.92 Å². The summed E-state index contributed by atoms with van der Waals surface area (Å²) < 4.78 is 15.9. The summed E-state index contributed by atoms with van der Waals surface area (Å²) in [5.41, 5.74) is 2.21. The second-order valence-corrected chi connectivity index (χ2v) is 8.17. The summed E-state index contributed by atoms with van der Waals surface area (Å²) in [7, 11) is 0. The van der Waals surface area contributed by atoms with Crippen LogP contribution in [0, 0.1) is 20.8 Å². The van der Waals surface area contributed by atoms with E-state index in [1.54, 1.807) is 45.2 Å². The van der Waals surface area contributed by atoms with Gasteiger partial charge in [-0.05, 0) is 52.3 Å². The third-order valence-corrected chi connectivity index (χ3v) is 5.75. The number of nitrogens with one attached hydrogen (secondary N) is 2. The topological polar surface area (TPSA) is 128 Å². The van der Waals surface area contributed by atoms with Crippen LogP contribution in [0.5, 0.6) is 0 Å². The molecule has 1 amide bonds. The number of aryl methyl sites for hydroxylation is 2. The molecule has 2 N–H and O–H groups in total. The van der Waals surface area contributed by atoms with Crippen LogP contribution in [-0.2, 0) is 14.3 Å². The molecule has 0 aliphatic rings. The van der Waals surface area contributed by atoms with Crippen LogP contribution >= 0.6 is 11.3 Å². The van der Waals surface area contributed by atoms with Crippen molar-refractivity contribution in [2.45, 2.75) is 34.6 Å². The SMILES string of the molecule is CCOC(=O)c1c(-c2ccc(C)o2)csc1NC(=O)COC(=O)c1[nH]c(C)c(C(C)=O)c1C. The molecule has 9 nitrogen and oxygen atoms in total. The van der Waals surface area contributed by atoms with Crippen molar-refractivity contribution in [2.75, 3.05) is 18.5 Å². The van der Waals surface area contributed by atoms with Gasteiger partial charge in [0.05, 0.1) is 6.61 Å². The highest BCUT2D eigenvalue weighted by Crippen LogP contribution is 2.37. The number of H-pyrrole nitrogens is 1. The van der Waals surface area contributed by atoms with Gasteiger partial charge in [-0.2, -0.15) is 0 Å². The lowest BCUT2D eigenvalue weighted by Crippen LogP contribution is -2.22. The van der Waals surface area contributed by atoms with Crippen LogP contribution in [0.25, 0.3) is 11.3 Å². The molecule has 0 bridgehead atoms. The van der Waals surface area contributed by atoms with Crippen molar-refractivity contribution >= 4 is 40.0 Å². The molecule has 0 atom stereocenters. The summed E-state index contributed by atoms with van der Waals surface area (Å²) in [6.07, 6.45) is 0. The van der Waals surface area contributed by atoms with Gasteiger partial charge in [0.25, 0.3) is 5.91 Å². The van der Waals surface area contributed by atoms with Crippen molar-refractivity contribution in [3.05, 3.63) is 51.4 Å². The molecule has 0 saturated heterocycles. The number of furan rings is 1. The first-order valence-corrected chi connectivity index (χ1v) is 11.0. The van der Waals surface area contributed by atoms with Gasteiger partial charge < -0.3 is 24.2 Å². The summed E-state index contributed by atoms with van der Waals surface area (Å²) in [6.45, 7) is 7.76. The van der Waals surface area contributed by atoms with Gasteiger partial charge in [0, 0.05) is 22.2 Å². The third-order valence-electron chi connectivity index (χ3n) is 4.86. The number of rotatable bonds is 8. The average Bonchev–Trinajstić information content (AvgIpc) is 3.43. The van der Waals surface area contributed by atoms with Gasteiger partial charge in [0.15, 0.2) is 12.4 Å². The predicted octanol–water partition coefficient (Wildman–Crippen LogP) is 4.44. The first kappa shape index (κ1) is 24.0. The van der Waals surface area contributed by atoms with Gasteiger partial charge in [-0.25, -0.2) is 9.59 Å². The summed E-state index contributed by atoms with van der Waals surface area (Å²) >= 11 is 1.13. The monoisotopic (exact) mass is 472 g/mol. The van der Waals surface area contributed by atoms with Crippen molar-refractivity contribution < 1.29 is 33.1 Å². The summed E-state index contributed by atoms with van der Waals surface area (Å²) in [5.74, 6) is -1.04. The van der Waals surface area contributed by atoms with Gasteiger partial charge in [-0.3, -0.25) is 9.59 Å². The maximum Gasteiger partial charge on any atom is 0.355 e. The molecule has 0 unspecified atom stereocenters. The highest BCUT2D eigenvalue weighted by Gasteiger charge is 2.25. The lowest BCUT2D eigenvalue weighted by molar-refractivity contribution is -0.119. The fourth-order valence-corrected chi connectivity index (χ4v) is 4.42. The zero-order valence-electron chi connectivity index (χ0n) is 18.9. The van der Waals surface area contributed by atoms with E-state index in [-0.39, 0.29) is 28.6 Å². The fourth-order valence-electron chi connectivity index (χ4n) is 3.46. The molecule has 0 fully saturated rings. The predicted molar refractivity (Wildman–Crippen MR) is 122 cm³/mol. The number of carbonyl (C=O) groups excluding carboxylic acids is 4. The summed E-state index contributed by atoms with van der Waals surface area (Å²) in [4.78, 5) is 52.1. The normalized spacial score (nSPS) is 10.7. The van der Waals surface area contributed by atoms with Crippen molar-refractivity contribution in [1.82, 2.24) is 4.98 Å². The van der Waals surface area contributed by atoms with Gasteiger partial charge in [0.2, 0.25) is 0 Å². The van der Waals surface area contributed by atoms with Crippen molar-refractivity contribution in [3.63, 3.8) is 0 Å². The number of aromatic nitrogens is 1. The Kier molecular flexibility index (Phi) is 7.17. The number of ether oxygens (including phenoxy) is 2. The van der Waals surface area contributed by atoms with Crippen LogP contribution in [0.4, 0.5) is 5.00 Å². The minimum Gasteiger partial charge on any atom is -0.462 e. The Bertz CT molecular complexity index is 1230. The number of thiophene rings is 1. The maximum atomic E-state index is 12.6. The van der Waals surface area contributed by atoms with E-state index in [2.05, 4.69) is 10.3 Å². The molecular weight excluding hydrogens is 448 g/mol. The average molecular weight is 473 g/mol. The van der Waals surface area contributed by atoms with Gasteiger partial charge >= 0.3 is 11.9 Å². The summed E-state index contributed by atoms with van der Waals surface area (Å²) in [6, 6.07) is 3.49. The zero-order valence-corrected chi connectivity index (χ0v) is 19.7. The highest BCUT2D eigenvalue weighted by atomic mass is 32.1. The fraction of sp³-hybridized carbons (Fsp3) is 0.304. The van der Waals surface area contributed by atoms with Gasteiger partial charge in [-0.1, -0.05) is 0 Å². The Labute approximate surface area is 194 Å². The van der Waals surface area contributed by atoms with Crippen LogP contribution in [0.1, 0.15) is 62.1 Å². The van der Waals surface area contributed by atoms with Crippen LogP contribution in [0.3, 0.4) is 0 Å². The minimum atomic E-state index is -0.762. The Morgan fingerprint density at radius 3 is 2.36 bits per heavy atom.